The van der Waals surface area contributed by atoms with Crippen molar-refractivity contribution in [3.8, 4) is 0 Å². The molecule has 2 aromatic rings. The molecule has 0 unspecified atom stereocenters. The Morgan fingerprint density at radius 1 is 0.825 bits per heavy atom. The van der Waals surface area contributed by atoms with Crippen molar-refractivity contribution in [3.05, 3.63) is 34.6 Å². The van der Waals surface area contributed by atoms with E-state index in [-0.39, 0.29) is 24.0 Å². The Morgan fingerprint density at radius 2 is 1.23 bits per heavy atom. The van der Waals surface area contributed by atoms with E-state index >= 15 is 0 Å². The zero-order chi connectivity index (χ0) is 29.7. The molecule has 2 aliphatic rings. The van der Waals surface area contributed by atoms with Gasteiger partial charge in [0.25, 0.3) is 0 Å². The fourth-order valence-electron chi connectivity index (χ4n) is 4.46. The van der Waals surface area contributed by atoms with E-state index in [0.717, 1.165) is 12.8 Å². The number of piperidine rings is 2. The molecule has 2 aliphatic heterocycles. The van der Waals surface area contributed by atoms with Crippen molar-refractivity contribution in [2.24, 2.45) is 0 Å². The molecule has 4 heterocycles. The van der Waals surface area contributed by atoms with Crippen LogP contribution in [0.5, 0.6) is 0 Å². The molecule has 14 heteroatoms. The van der Waals surface area contributed by atoms with Crippen molar-refractivity contribution >= 4 is 23.8 Å². The smallest absolute Gasteiger partial charge is 0.410 e. The van der Waals surface area contributed by atoms with Crippen LogP contribution in [0.3, 0.4) is 0 Å². The third kappa shape index (κ3) is 9.12. The van der Waals surface area contributed by atoms with E-state index in [1.54, 1.807) is 26.7 Å². The third-order valence-corrected chi connectivity index (χ3v) is 6.39. The van der Waals surface area contributed by atoms with Crippen LogP contribution in [0, 0.1) is 10.1 Å². The van der Waals surface area contributed by atoms with Crippen LogP contribution < -0.4 is 5.73 Å². The van der Waals surface area contributed by atoms with Gasteiger partial charge in [0.2, 0.25) is 0 Å². The van der Waals surface area contributed by atoms with Gasteiger partial charge in [-0.1, -0.05) is 0 Å². The lowest BCUT2D eigenvalue weighted by Gasteiger charge is -2.33. The number of likely N-dealkylation sites (tertiary alicyclic amines) is 2. The van der Waals surface area contributed by atoms with Crippen molar-refractivity contribution in [3.63, 3.8) is 0 Å². The summed E-state index contributed by atoms with van der Waals surface area (Å²) in [6, 6.07) is 3.58. The second kappa shape index (κ2) is 12.6. The minimum Gasteiger partial charge on any atom is -0.444 e. The van der Waals surface area contributed by atoms with Gasteiger partial charge in [0, 0.05) is 32.4 Å². The van der Waals surface area contributed by atoms with E-state index in [4.69, 9.17) is 15.2 Å². The number of nitro groups is 1. The van der Waals surface area contributed by atoms with Crippen LogP contribution in [0.2, 0.25) is 0 Å². The number of hydrogen-bond acceptors (Lipinski definition) is 9. The number of nitrogens with two attached hydrogens (primary N) is 1. The Bertz CT molecular complexity index is 1150. The number of carbonyl (C=O) groups excluding carboxylic acids is 2. The van der Waals surface area contributed by atoms with Gasteiger partial charge < -0.3 is 35.1 Å². The van der Waals surface area contributed by atoms with Crippen LogP contribution in [0.15, 0.2) is 24.5 Å². The average molecular weight is 563 g/mol. The molecular weight excluding hydrogens is 520 g/mol. The fourth-order valence-corrected chi connectivity index (χ4v) is 4.46. The van der Waals surface area contributed by atoms with Crippen LogP contribution in [0.25, 0.3) is 0 Å². The van der Waals surface area contributed by atoms with Crippen LogP contribution in [-0.4, -0.2) is 83.9 Å². The molecule has 222 valence electrons. The van der Waals surface area contributed by atoms with Gasteiger partial charge in [-0.05, 0) is 78.2 Å². The number of anilines is 1. The van der Waals surface area contributed by atoms with Crippen LogP contribution in [-0.2, 0) is 9.47 Å². The second-order valence-corrected chi connectivity index (χ2v) is 12.0. The van der Waals surface area contributed by atoms with Gasteiger partial charge in [-0.15, -0.1) is 0 Å². The molecule has 2 fully saturated rings. The van der Waals surface area contributed by atoms with Gasteiger partial charge in [-0.25, -0.2) is 9.59 Å². The first kappa shape index (κ1) is 30.7. The van der Waals surface area contributed by atoms with Crippen molar-refractivity contribution in [1.29, 1.82) is 0 Å². The quantitative estimate of drug-likeness (QED) is 0.422. The van der Waals surface area contributed by atoms with Crippen molar-refractivity contribution in [2.45, 2.75) is 90.5 Å². The SMILES string of the molecule is CC(C)(C)OC(=O)N1CCC(n2ccc(N)n2)CC1.CC(C)(C)OC(=O)N1CCC(n2ccc([N+](=O)[O-])n2)CC1. The van der Waals surface area contributed by atoms with E-state index < -0.39 is 16.1 Å². The second-order valence-electron chi connectivity index (χ2n) is 12.0. The number of aromatic nitrogens is 4. The minimum atomic E-state index is -0.508. The van der Waals surface area contributed by atoms with Crippen molar-refractivity contribution in [2.75, 3.05) is 31.9 Å². The maximum Gasteiger partial charge on any atom is 0.410 e. The number of ether oxygens (including phenoxy) is 2. The predicted molar refractivity (Wildman–Crippen MR) is 148 cm³/mol. The number of rotatable bonds is 3. The summed E-state index contributed by atoms with van der Waals surface area (Å²) in [6.45, 7) is 13.7. The van der Waals surface area contributed by atoms with Gasteiger partial charge >= 0.3 is 18.0 Å². The molecule has 0 aliphatic carbocycles. The molecule has 0 saturated carbocycles. The summed E-state index contributed by atoms with van der Waals surface area (Å²) in [5.41, 5.74) is 4.67. The largest absolute Gasteiger partial charge is 0.444 e. The lowest BCUT2D eigenvalue weighted by atomic mass is 10.1. The standard InChI is InChI=1S/C13H20N4O4.C13H22N4O2/c1-13(2,3)21-12(18)15-7-4-10(5-8-15)16-9-6-11(14-16)17(19)20;1-13(2,3)19-12(18)16-7-4-10(5-8-16)17-9-6-11(14)15-17/h6,9-10H,4-5,7-8H2,1-3H3;6,9-10H,4-5,7-8H2,1-3H3,(H2,14,15). The highest BCUT2D eigenvalue weighted by Gasteiger charge is 2.30. The summed E-state index contributed by atoms with van der Waals surface area (Å²) < 4.78 is 14.2. The molecule has 0 radical (unpaired) electrons. The van der Waals surface area contributed by atoms with Crippen LogP contribution >= 0.6 is 0 Å². The Balaban J connectivity index is 0.000000222. The van der Waals surface area contributed by atoms with Gasteiger partial charge in [0.05, 0.1) is 29.4 Å². The number of hydrogen-bond donors (Lipinski definition) is 1. The molecule has 0 aromatic carbocycles. The Morgan fingerprint density at radius 3 is 1.55 bits per heavy atom. The highest BCUT2D eigenvalue weighted by atomic mass is 16.6. The fraction of sp³-hybridized carbons (Fsp3) is 0.692. The third-order valence-electron chi connectivity index (χ3n) is 6.39. The Labute approximate surface area is 234 Å². The van der Waals surface area contributed by atoms with Crippen LogP contribution in [0.4, 0.5) is 21.2 Å². The van der Waals surface area contributed by atoms with E-state index in [2.05, 4.69) is 10.2 Å². The lowest BCUT2D eigenvalue weighted by molar-refractivity contribution is -0.389. The molecule has 2 aromatic heterocycles. The van der Waals surface area contributed by atoms with Crippen molar-refractivity contribution in [1.82, 2.24) is 29.4 Å². The monoisotopic (exact) mass is 562 g/mol. The summed E-state index contributed by atoms with van der Waals surface area (Å²) in [6.07, 6.45) is 6.13. The molecule has 0 bridgehead atoms. The topological polar surface area (TPSA) is 164 Å². The molecule has 2 amide bonds. The highest BCUT2D eigenvalue weighted by Crippen LogP contribution is 2.25. The molecule has 40 heavy (non-hydrogen) atoms. The van der Waals surface area contributed by atoms with E-state index in [9.17, 15) is 19.7 Å². The van der Waals surface area contributed by atoms with Crippen LogP contribution in [0.1, 0.15) is 79.3 Å². The summed E-state index contributed by atoms with van der Waals surface area (Å²) in [4.78, 5) is 37.4. The van der Waals surface area contributed by atoms with Gasteiger partial charge in [0.15, 0.2) is 0 Å². The number of nitrogen functional groups attached to an aromatic ring is 1. The number of nitrogens with zero attached hydrogens (tertiary/aromatic N) is 7. The zero-order valence-corrected chi connectivity index (χ0v) is 24.3. The molecule has 0 atom stereocenters. The summed E-state index contributed by atoms with van der Waals surface area (Å²) in [5.74, 6) is 0.388. The minimum absolute atomic E-state index is 0.0809. The predicted octanol–water partition coefficient (Wildman–Crippen LogP) is 4.40. The van der Waals surface area contributed by atoms with E-state index in [1.807, 2.05) is 52.4 Å². The average Bonchev–Trinajstić information content (AvgIpc) is 3.52. The number of carbonyl (C=O) groups is 2. The summed E-state index contributed by atoms with van der Waals surface area (Å²) >= 11 is 0. The maximum atomic E-state index is 11.9. The summed E-state index contributed by atoms with van der Waals surface area (Å²) in [7, 11) is 0. The van der Waals surface area contributed by atoms with E-state index in [1.165, 1.54) is 6.07 Å². The molecule has 14 nitrogen and oxygen atoms in total. The molecule has 2 N–H and O–H groups in total. The van der Waals surface area contributed by atoms with Crippen molar-refractivity contribution < 1.29 is 24.0 Å². The normalized spacial score (nSPS) is 17.1. The highest BCUT2D eigenvalue weighted by molar-refractivity contribution is 5.68. The Kier molecular flexibility index (Phi) is 9.64. The first-order valence-corrected chi connectivity index (χ1v) is 13.6. The lowest BCUT2D eigenvalue weighted by Crippen LogP contribution is -2.42. The van der Waals surface area contributed by atoms with Gasteiger partial charge in [-0.2, -0.15) is 9.78 Å². The molecule has 0 spiro atoms. The number of amides is 2. The zero-order valence-electron chi connectivity index (χ0n) is 24.3. The van der Waals surface area contributed by atoms with E-state index in [0.29, 0.717) is 50.9 Å². The molecular formula is C26H42N8O6. The molecule has 2 saturated heterocycles. The Hall–Kier alpha value is -3.84. The maximum absolute atomic E-state index is 11.9. The van der Waals surface area contributed by atoms with Gasteiger partial charge in [0.1, 0.15) is 17.0 Å². The first-order valence-electron chi connectivity index (χ1n) is 13.6. The van der Waals surface area contributed by atoms with Gasteiger partial charge in [-0.3, -0.25) is 4.68 Å². The first-order chi connectivity index (χ1) is 18.6. The summed E-state index contributed by atoms with van der Waals surface area (Å²) in [5, 5.41) is 18.8. The molecule has 4 rings (SSSR count).